The molecule has 0 radical (unpaired) electrons. The van der Waals surface area contributed by atoms with Crippen LogP contribution < -0.4 is 11.1 Å². The number of hydrogen-bond donors (Lipinski definition) is 2. The van der Waals surface area contributed by atoms with Crippen molar-refractivity contribution in [2.24, 2.45) is 5.73 Å². The van der Waals surface area contributed by atoms with Gasteiger partial charge in [-0.15, -0.1) is 0 Å². The van der Waals surface area contributed by atoms with Crippen molar-refractivity contribution < 1.29 is 13.6 Å². The van der Waals surface area contributed by atoms with Crippen LogP contribution in [0.1, 0.15) is 22.9 Å². The minimum Gasteiger partial charge on any atom is -0.326 e. The highest BCUT2D eigenvalue weighted by atomic mass is 19.1. The standard InChI is InChI=1S/C21H17F2N3O/c22-15-6-12(7-16(23)11-15)8-18(24)21-17(2-1-5-25-21)13-3-4-19-14(9-13)10-20(27)26-19/h1-7,9,11,18H,8,10,24H2,(H,26,27)/t18-/m0/s1. The van der Waals surface area contributed by atoms with Crippen LogP contribution in [-0.2, 0) is 17.6 Å². The zero-order valence-electron chi connectivity index (χ0n) is 14.4. The number of fused-ring (bicyclic) bond motifs is 1. The molecule has 6 heteroatoms. The number of nitrogens with zero attached hydrogens (tertiary/aromatic N) is 1. The molecule has 136 valence electrons. The van der Waals surface area contributed by atoms with Crippen LogP contribution in [0.25, 0.3) is 11.1 Å². The molecule has 0 unspecified atom stereocenters. The topological polar surface area (TPSA) is 68.0 Å². The van der Waals surface area contributed by atoms with Gasteiger partial charge in [-0.25, -0.2) is 8.78 Å². The van der Waals surface area contributed by atoms with E-state index < -0.39 is 17.7 Å². The van der Waals surface area contributed by atoms with Gasteiger partial charge in [-0.3, -0.25) is 9.78 Å². The van der Waals surface area contributed by atoms with Crippen molar-refractivity contribution >= 4 is 11.6 Å². The third-order valence-electron chi connectivity index (χ3n) is 4.61. The summed E-state index contributed by atoms with van der Waals surface area (Å²) in [6.07, 6.45) is 2.24. The molecule has 1 amide bonds. The molecular formula is C21H17F2N3O. The number of amides is 1. The molecule has 1 atom stereocenters. The molecule has 1 aliphatic heterocycles. The molecular weight excluding hydrogens is 348 g/mol. The van der Waals surface area contributed by atoms with Gasteiger partial charge in [0.25, 0.3) is 0 Å². The number of nitrogens with two attached hydrogens (primary N) is 1. The van der Waals surface area contributed by atoms with E-state index in [0.717, 1.165) is 28.4 Å². The van der Waals surface area contributed by atoms with Crippen LogP contribution in [0.3, 0.4) is 0 Å². The molecule has 4 rings (SSSR count). The minimum absolute atomic E-state index is 0.0293. The Morgan fingerprint density at radius 3 is 2.67 bits per heavy atom. The van der Waals surface area contributed by atoms with Crippen molar-refractivity contribution in [3.05, 3.63) is 83.2 Å². The largest absolute Gasteiger partial charge is 0.326 e. The molecule has 1 aliphatic rings. The average molecular weight is 365 g/mol. The number of nitrogens with one attached hydrogen (secondary N) is 1. The molecule has 3 N–H and O–H groups in total. The van der Waals surface area contributed by atoms with Crippen LogP contribution in [0, 0.1) is 11.6 Å². The quantitative estimate of drug-likeness (QED) is 0.740. The monoisotopic (exact) mass is 365 g/mol. The molecule has 1 aromatic heterocycles. The van der Waals surface area contributed by atoms with Crippen LogP contribution in [0.15, 0.2) is 54.7 Å². The van der Waals surface area contributed by atoms with E-state index in [1.54, 1.807) is 6.20 Å². The van der Waals surface area contributed by atoms with Gasteiger partial charge >= 0.3 is 0 Å². The average Bonchev–Trinajstić information content (AvgIpc) is 3.00. The Hall–Kier alpha value is -3.12. The highest BCUT2D eigenvalue weighted by molar-refractivity contribution is 5.99. The number of carbonyl (C=O) groups excluding carboxylic acids is 1. The molecule has 27 heavy (non-hydrogen) atoms. The first-order valence-electron chi connectivity index (χ1n) is 8.58. The van der Waals surface area contributed by atoms with Crippen molar-refractivity contribution in [3.8, 4) is 11.1 Å². The Balaban J connectivity index is 1.67. The molecule has 0 bridgehead atoms. The number of halogens is 2. The fourth-order valence-corrected chi connectivity index (χ4v) is 3.43. The number of rotatable bonds is 4. The molecule has 0 spiro atoms. The van der Waals surface area contributed by atoms with Gasteiger partial charge in [-0.1, -0.05) is 12.1 Å². The summed E-state index contributed by atoms with van der Waals surface area (Å²) in [5.41, 5.74) is 10.9. The summed E-state index contributed by atoms with van der Waals surface area (Å²) < 4.78 is 26.9. The summed E-state index contributed by atoms with van der Waals surface area (Å²) in [5.74, 6) is -1.29. The number of pyridine rings is 1. The predicted molar refractivity (Wildman–Crippen MR) is 99.0 cm³/mol. The predicted octanol–water partition coefficient (Wildman–Crippen LogP) is 3.76. The summed E-state index contributed by atoms with van der Waals surface area (Å²) in [7, 11) is 0. The van der Waals surface area contributed by atoms with E-state index in [2.05, 4.69) is 10.3 Å². The van der Waals surface area contributed by atoms with Gasteiger partial charge in [0.05, 0.1) is 18.2 Å². The van der Waals surface area contributed by atoms with Gasteiger partial charge in [-0.2, -0.15) is 0 Å². The van der Waals surface area contributed by atoms with E-state index in [4.69, 9.17) is 5.73 Å². The fourth-order valence-electron chi connectivity index (χ4n) is 3.43. The molecule has 2 aromatic carbocycles. The number of aromatic nitrogens is 1. The van der Waals surface area contributed by atoms with E-state index in [0.29, 0.717) is 17.7 Å². The summed E-state index contributed by atoms with van der Waals surface area (Å²) >= 11 is 0. The first kappa shape index (κ1) is 17.3. The zero-order chi connectivity index (χ0) is 19.0. The SMILES string of the molecule is N[C@@H](Cc1cc(F)cc(F)c1)c1ncccc1-c1ccc2c(c1)CC(=O)N2. The first-order chi connectivity index (χ1) is 13.0. The second-order valence-electron chi connectivity index (χ2n) is 6.62. The minimum atomic E-state index is -0.630. The maximum atomic E-state index is 13.5. The fraction of sp³-hybridized carbons (Fsp3) is 0.143. The highest BCUT2D eigenvalue weighted by Gasteiger charge is 2.20. The second-order valence-corrected chi connectivity index (χ2v) is 6.62. The third kappa shape index (κ3) is 3.57. The summed E-state index contributed by atoms with van der Waals surface area (Å²) in [4.78, 5) is 16.0. The van der Waals surface area contributed by atoms with Crippen LogP contribution in [0.2, 0.25) is 0 Å². The van der Waals surface area contributed by atoms with Crippen LogP contribution in [0.5, 0.6) is 0 Å². The van der Waals surface area contributed by atoms with Gasteiger partial charge in [0, 0.05) is 23.5 Å². The summed E-state index contributed by atoms with van der Waals surface area (Å²) in [6, 6.07) is 12.3. The van der Waals surface area contributed by atoms with Crippen molar-refractivity contribution in [1.29, 1.82) is 0 Å². The van der Waals surface area contributed by atoms with Gasteiger partial charge in [0.15, 0.2) is 0 Å². The second kappa shape index (κ2) is 6.89. The van der Waals surface area contributed by atoms with Crippen molar-refractivity contribution in [2.45, 2.75) is 18.9 Å². The van der Waals surface area contributed by atoms with Gasteiger partial charge < -0.3 is 11.1 Å². The van der Waals surface area contributed by atoms with E-state index in [1.165, 1.54) is 12.1 Å². The number of anilines is 1. The maximum absolute atomic E-state index is 13.5. The summed E-state index contributed by atoms with van der Waals surface area (Å²) in [5, 5.41) is 2.81. The van der Waals surface area contributed by atoms with E-state index in [-0.39, 0.29) is 12.3 Å². The smallest absolute Gasteiger partial charge is 0.228 e. The molecule has 0 aliphatic carbocycles. The van der Waals surface area contributed by atoms with Crippen molar-refractivity contribution in [2.75, 3.05) is 5.32 Å². The lowest BCUT2D eigenvalue weighted by atomic mass is 9.95. The highest BCUT2D eigenvalue weighted by Crippen LogP contribution is 2.32. The lowest BCUT2D eigenvalue weighted by Crippen LogP contribution is -2.16. The number of carbonyl (C=O) groups is 1. The molecule has 3 aromatic rings. The van der Waals surface area contributed by atoms with E-state index >= 15 is 0 Å². The third-order valence-corrected chi connectivity index (χ3v) is 4.61. The van der Waals surface area contributed by atoms with Gasteiger partial charge in [0.1, 0.15) is 11.6 Å². The molecule has 0 saturated heterocycles. The van der Waals surface area contributed by atoms with Crippen molar-refractivity contribution in [3.63, 3.8) is 0 Å². The molecule has 0 saturated carbocycles. The summed E-state index contributed by atoms with van der Waals surface area (Å²) in [6.45, 7) is 0. The number of hydrogen-bond acceptors (Lipinski definition) is 3. The normalized spacial score (nSPS) is 14.0. The molecule has 2 heterocycles. The van der Waals surface area contributed by atoms with Crippen LogP contribution in [0.4, 0.5) is 14.5 Å². The molecule has 4 nitrogen and oxygen atoms in total. The van der Waals surface area contributed by atoms with E-state index in [1.807, 2.05) is 30.3 Å². The first-order valence-corrected chi connectivity index (χ1v) is 8.58. The Kier molecular flexibility index (Phi) is 4.41. The van der Waals surface area contributed by atoms with Crippen LogP contribution >= 0.6 is 0 Å². The Labute approximate surface area is 155 Å². The van der Waals surface area contributed by atoms with Crippen molar-refractivity contribution in [1.82, 2.24) is 4.98 Å². The Morgan fingerprint density at radius 2 is 1.89 bits per heavy atom. The van der Waals surface area contributed by atoms with Gasteiger partial charge in [0.2, 0.25) is 5.91 Å². The lowest BCUT2D eigenvalue weighted by molar-refractivity contribution is -0.115. The Bertz CT molecular complexity index is 1020. The zero-order valence-corrected chi connectivity index (χ0v) is 14.4. The Morgan fingerprint density at radius 1 is 1.11 bits per heavy atom. The van der Waals surface area contributed by atoms with E-state index in [9.17, 15) is 13.6 Å². The molecule has 0 fully saturated rings. The maximum Gasteiger partial charge on any atom is 0.228 e. The number of benzene rings is 2. The van der Waals surface area contributed by atoms with Gasteiger partial charge in [-0.05, 0) is 53.4 Å². The lowest BCUT2D eigenvalue weighted by Gasteiger charge is -2.16. The van der Waals surface area contributed by atoms with Crippen LogP contribution in [-0.4, -0.2) is 10.9 Å².